The molecule has 0 spiro atoms. The fourth-order valence-corrected chi connectivity index (χ4v) is 4.24. The first-order valence-corrected chi connectivity index (χ1v) is 10.9. The lowest BCUT2D eigenvalue weighted by molar-refractivity contribution is 0.283. The van der Waals surface area contributed by atoms with Crippen molar-refractivity contribution in [3.63, 3.8) is 0 Å². The summed E-state index contributed by atoms with van der Waals surface area (Å²) in [4.78, 5) is 0.0329. The molecular formula is C20H17N3O3S2. The number of primary sulfonamides is 1. The van der Waals surface area contributed by atoms with Gasteiger partial charge in [0.15, 0.2) is 0 Å². The lowest BCUT2D eigenvalue weighted by atomic mass is 10.0. The lowest BCUT2D eigenvalue weighted by Gasteiger charge is -2.05. The fraction of sp³-hybridized carbons (Fsp3) is 0.0500. The summed E-state index contributed by atoms with van der Waals surface area (Å²) in [5.74, 6) is 0. The van der Waals surface area contributed by atoms with E-state index >= 15 is 0 Å². The van der Waals surface area contributed by atoms with Gasteiger partial charge in [-0.2, -0.15) is 16.4 Å². The number of hydrogen-bond donors (Lipinski definition) is 3. The number of nitrogens with zero attached hydrogens (tertiary/aromatic N) is 1. The topological polar surface area (TPSA) is 109 Å². The van der Waals surface area contributed by atoms with Crippen LogP contribution in [0.1, 0.15) is 5.56 Å². The third kappa shape index (κ3) is 3.50. The average molecular weight is 412 g/mol. The van der Waals surface area contributed by atoms with E-state index in [2.05, 4.69) is 21.6 Å². The predicted octanol–water partition coefficient (Wildman–Crippen LogP) is 3.61. The van der Waals surface area contributed by atoms with Gasteiger partial charge in [-0.1, -0.05) is 36.4 Å². The molecule has 0 aliphatic carbocycles. The van der Waals surface area contributed by atoms with Crippen molar-refractivity contribution < 1.29 is 13.5 Å². The molecule has 8 heteroatoms. The maximum absolute atomic E-state index is 11.4. The standard InChI is InChI=1S/C20H17N3O3S2/c21-28(25,26)17-7-5-15(6-8-17)20-18(11-24)19(22-23-20)14-3-1-13(2-4-14)16-9-10-27-12-16/h1-10,12,24H,11H2,(H,22,23)(H2,21,25,26). The van der Waals surface area contributed by atoms with Gasteiger partial charge < -0.3 is 5.11 Å². The van der Waals surface area contributed by atoms with Crippen molar-refractivity contribution in [1.29, 1.82) is 0 Å². The summed E-state index contributed by atoms with van der Waals surface area (Å²) in [5, 5.41) is 26.5. The van der Waals surface area contributed by atoms with Crippen molar-refractivity contribution in [2.75, 3.05) is 0 Å². The highest BCUT2D eigenvalue weighted by molar-refractivity contribution is 7.89. The molecule has 0 amide bonds. The number of aliphatic hydroxyl groups excluding tert-OH is 1. The van der Waals surface area contributed by atoms with Crippen LogP contribution < -0.4 is 5.14 Å². The van der Waals surface area contributed by atoms with Gasteiger partial charge in [-0.25, -0.2) is 13.6 Å². The molecule has 0 unspecified atom stereocenters. The highest BCUT2D eigenvalue weighted by Gasteiger charge is 2.16. The molecule has 0 fully saturated rings. The van der Waals surface area contributed by atoms with Crippen LogP contribution in [0.2, 0.25) is 0 Å². The van der Waals surface area contributed by atoms with Gasteiger partial charge in [0.1, 0.15) is 0 Å². The molecule has 142 valence electrons. The summed E-state index contributed by atoms with van der Waals surface area (Å²) in [6.07, 6.45) is 0. The molecule has 6 nitrogen and oxygen atoms in total. The van der Waals surface area contributed by atoms with Gasteiger partial charge in [0.2, 0.25) is 10.0 Å². The summed E-state index contributed by atoms with van der Waals surface area (Å²) in [7, 11) is -3.75. The number of rotatable bonds is 5. The van der Waals surface area contributed by atoms with Crippen LogP contribution >= 0.6 is 11.3 Å². The largest absolute Gasteiger partial charge is 0.392 e. The number of H-pyrrole nitrogens is 1. The molecule has 0 atom stereocenters. The Morgan fingerprint density at radius 2 is 1.57 bits per heavy atom. The molecule has 0 saturated heterocycles. The number of aromatic nitrogens is 2. The fourth-order valence-electron chi connectivity index (χ4n) is 3.06. The minimum Gasteiger partial charge on any atom is -0.392 e. The summed E-state index contributed by atoms with van der Waals surface area (Å²) in [6, 6.07) is 16.2. The van der Waals surface area contributed by atoms with Crippen LogP contribution in [-0.4, -0.2) is 23.7 Å². The van der Waals surface area contributed by atoms with Crippen LogP contribution in [0.4, 0.5) is 0 Å². The summed E-state index contributed by atoms with van der Waals surface area (Å²) in [5.41, 5.74) is 5.81. The first-order chi connectivity index (χ1) is 13.5. The molecule has 2 heterocycles. The minimum absolute atomic E-state index is 0.0329. The number of aromatic amines is 1. The van der Waals surface area contributed by atoms with Gasteiger partial charge in [0, 0.05) is 16.7 Å². The number of thiophene rings is 1. The van der Waals surface area contributed by atoms with Crippen molar-refractivity contribution in [2.24, 2.45) is 5.14 Å². The Bertz CT molecular complexity index is 1190. The second-order valence-electron chi connectivity index (χ2n) is 6.24. The van der Waals surface area contributed by atoms with Crippen molar-refractivity contribution in [3.8, 4) is 33.6 Å². The molecule has 0 aliphatic heterocycles. The van der Waals surface area contributed by atoms with E-state index in [0.717, 1.165) is 16.7 Å². The van der Waals surface area contributed by atoms with E-state index in [9.17, 15) is 13.5 Å². The lowest BCUT2D eigenvalue weighted by Crippen LogP contribution is -2.11. The van der Waals surface area contributed by atoms with Gasteiger partial charge in [0.25, 0.3) is 0 Å². The molecular weight excluding hydrogens is 394 g/mol. The Morgan fingerprint density at radius 1 is 0.929 bits per heavy atom. The van der Waals surface area contributed by atoms with Crippen molar-refractivity contribution in [3.05, 3.63) is 70.9 Å². The molecule has 28 heavy (non-hydrogen) atoms. The maximum Gasteiger partial charge on any atom is 0.238 e. The van der Waals surface area contributed by atoms with E-state index in [4.69, 9.17) is 5.14 Å². The Morgan fingerprint density at radius 3 is 2.14 bits per heavy atom. The predicted molar refractivity (Wildman–Crippen MR) is 110 cm³/mol. The van der Waals surface area contributed by atoms with Gasteiger partial charge in [0.05, 0.1) is 22.9 Å². The van der Waals surface area contributed by atoms with Gasteiger partial charge >= 0.3 is 0 Å². The van der Waals surface area contributed by atoms with Crippen LogP contribution in [-0.2, 0) is 16.6 Å². The van der Waals surface area contributed by atoms with Crippen LogP contribution in [0.3, 0.4) is 0 Å². The van der Waals surface area contributed by atoms with Crippen molar-refractivity contribution in [2.45, 2.75) is 11.5 Å². The van der Waals surface area contributed by atoms with E-state index in [0.29, 0.717) is 22.5 Å². The van der Waals surface area contributed by atoms with E-state index in [1.807, 2.05) is 29.6 Å². The monoisotopic (exact) mass is 411 g/mol. The number of aliphatic hydroxyl groups is 1. The quantitative estimate of drug-likeness (QED) is 0.466. The van der Waals surface area contributed by atoms with Gasteiger partial charge in [-0.3, -0.25) is 5.10 Å². The van der Waals surface area contributed by atoms with Crippen LogP contribution in [0, 0.1) is 0 Å². The van der Waals surface area contributed by atoms with E-state index < -0.39 is 10.0 Å². The number of nitrogens with one attached hydrogen (secondary N) is 1. The molecule has 4 aromatic rings. The van der Waals surface area contributed by atoms with Gasteiger partial charge in [-0.15, -0.1) is 0 Å². The maximum atomic E-state index is 11.4. The zero-order chi connectivity index (χ0) is 19.7. The molecule has 2 aromatic carbocycles. The number of nitrogens with two attached hydrogens (primary N) is 1. The summed E-state index contributed by atoms with van der Waals surface area (Å²) in [6.45, 7) is -0.204. The van der Waals surface area contributed by atoms with Crippen LogP contribution in [0.25, 0.3) is 33.6 Å². The second-order valence-corrected chi connectivity index (χ2v) is 8.58. The molecule has 0 aliphatic rings. The average Bonchev–Trinajstić information content (AvgIpc) is 3.37. The first-order valence-electron chi connectivity index (χ1n) is 8.41. The van der Waals surface area contributed by atoms with Gasteiger partial charge in [-0.05, 0) is 40.1 Å². The Labute approximate surface area is 166 Å². The SMILES string of the molecule is NS(=O)(=O)c1ccc(-c2[nH]nc(-c3ccc(-c4ccsc4)cc3)c2CO)cc1. The summed E-state index contributed by atoms with van der Waals surface area (Å²) < 4.78 is 22.8. The molecule has 0 saturated carbocycles. The number of benzene rings is 2. The third-order valence-electron chi connectivity index (χ3n) is 4.51. The van der Waals surface area contributed by atoms with Crippen molar-refractivity contribution in [1.82, 2.24) is 10.2 Å². The molecule has 2 aromatic heterocycles. The van der Waals surface area contributed by atoms with Crippen LogP contribution in [0.15, 0.2) is 70.3 Å². The Kier molecular flexibility index (Phi) is 4.86. The number of sulfonamides is 1. The zero-order valence-electron chi connectivity index (χ0n) is 14.7. The van der Waals surface area contributed by atoms with E-state index in [1.165, 1.54) is 12.1 Å². The van der Waals surface area contributed by atoms with Crippen molar-refractivity contribution >= 4 is 21.4 Å². The highest BCUT2D eigenvalue weighted by atomic mass is 32.2. The first kappa shape index (κ1) is 18.6. The summed E-state index contributed by atoms with van der Waals surface area (Å²) >= 11 is 1.65. The second kappa shape index (κ2) is 7.33. The Balaban J connectivity index is 1.70. The normalized spacial score (nSPS) is 11.6. The molecule has 0 radical (unpaired) electrons. The molecule has 4 rings (SSSR count). The minimum atomic E-state index is -3.75. The molecule has 4 N–H and O–H groups in total. The van der Waals surface area contributed by atoms with Crippen LogP contribution in [0.5, 0.6) is 0 Å². The number of hydrogen-bond acceptors (Lipinski definition) is 5. The molecule has 0 bridgehead atoms. The highest BCUT2D eigenvalue weighted by Crippen LogP contribution is 2.32. The Hall–Kier alpha value is -2.78. The van der Waals surface area contributed by atoms with E-state index in [-0.39, 0.29) is 11.5 Å². The van der Waals surface area contributed by atoms with E-state index in [1.54, 1.807) is 23.5 Å². The smallest absolute Gasteiger partial charge is 0.238 e. The zero-order valence-corrected chi connectivity index (χ0v) is 16.3. The third-order valence-corrected chi connectivity index (χ3v) is 6.12.